The Bertz CT molecular complexity index is 478. The number of hydrogen-bond acceptors (Lipinski definition) is 2. The molecule has 0 N–H and O–H groups in total. The minimum Gasteiger partial charge on any atom is -0.399 e. The zero-order valence-corrected chi connectivity index (χ0v) is 12.8. The molecule has 2 heterocycles. The van der Waals surface area contributed by atoms with Crippen LogP contribution >= 0.6 is 11.6 Å². The zero-order valence-electron chi connectivity index (χ0n) is 12.1. The second-order valence-electron chi connectivity index (χ2n) is 6.79. The normalized spacial score (nSPS) is 25.0. The van der Waals surface area contributed by atoms with Crippen LogP contribution in [0.1, 0.15) is 40.5 Å². The van der Waals surface area contributed by atoms with Crippen LogP contribution in [0.25, 0.3) is 0 Å². The van der Waals surface area contributed by atoms with Crippen molar-refractivity contribution in [2.75, 3.05) is 0 Å². The molecule has 104 valence electrons. The van der Waals surface area contributed by atoms with Gasteiger partial charge in [-0.3, -0.25) is 0 Å². The van der Waals surface area contributed by atoms with E-state index in [1.165, 1.54) is 12.8 Å². The fraction of sp³-hybridized carbons (Fsp3) is 0.714. The monoisotopic (exact) mass is 281 g/mol. The predicted octanol–water partition coefficient (Wildman–Crippen LogP) is 2.85. The summed E-state index contributed by atoms with van der Waals surface area (Å²) in [4.78, 5) is 0. The maximum atomic E-state index is 6.33. The standard InChI is InChI=1S/C14H21BClNO2/c1-13(2)14(3,4)19-15(18-13)11-8-17(9-12(11)16)7-10-5-6-10/h8-10H,5-7H2,1-4H3. The van der Waals surface area contributed by atoms with Crippen molar-refractivity contribution in [2.24, 2.45) is 5.92 Å². The number of halogens is 1. The van der Waals surface area contributed by atoms with E-state index in [4.69, 9.17) is 20.9 Å². The van der Waals surface area contributed by atoms with E-state index in [0.29, 0.717) is 0 Å². The molecule has 1 saturated heterocycles. The molecular weight excluding hydrogens is 260 g/mol. The Hall–Kier alpha value is -0.445. The van der Waals surface area contributed by atoms with Crippen molar-refractivity contribution in [3.63, 3.8) is 0 Å². The first-order valence-electron chi connectivity index (χ1n) is 6.99. The van der Waals surface area contributed by atoms with Gasteiger partial charge in [0.25, 0.3) is 0 Å². The average Bonchev–Trinajstić information content (AvgIpc) is 2.94. The van der Waals surface area contributed by atoms with Gasteiger partial charge < -0.3 is 13.9 Å². The van der Waals surface area contributed by atoms with E-state index in [2.05, 4.69) is 38.5 Å². The minimum absolute atomic E-state index is 0.320. The van der Waals surface area contributed by atoms with Crippen molar-refractivity contribution in [3.8, 4) is 0 Å². The van der Waals surface area contributed by atoms with Gasteiger partial charge in [-0.25, -0.2) is 0 Å². The summed E-state index contributed by atoms with van der Waals surface area (Å²) >= 11 is 6.33. The Balaban J connectivity index is 1.81. The van der Waals surface area contributed by atoms with Gasteiger partial charge in [-0.05, 0) is 46.5 Å². The van der Waals surface area contributed by atoms with Crippen LogP contribution in [0.4, 0.5) is 0 Å². The van der Waals surface area contributed by atoms with Crippen molar-refractivity contribution < 1.29 is 9.31 Å². The Morgan fingerprint density at radius 2 is 1.79 bits per heavy atom. The highest BCUT2D eigenvalue weighted by Gasteiger charge is 2.52. The van der Waals surface area contributed by atoms with Crippen LogP contribution in [0, 0.1) is 5.92 Å². The lowest BCUT2D eigenvalue weighted by molar-refractivity contribution is 0.00578. The Kier molecular flexibility index (Phi) is 3.04. The molecule has 1 aromatic heterocycles. The highest BCUT2D eigenvalue weighted by atomic mass is 35.5. The highest BCUT2D eigenvalue weighted by molar-refractivity contribution is 6.65. The third-order valence-electron chi connectivity index (χ3n) is 4.53. The lowest BCUT2D eigenvalue weighted by atomic mass is 9.81. The Labute approximate surface area is 120 Å². The van der Waals surface area contributed by atoms with Gasteiger partial charge in [-0.15, -0.1) is 0 Å². The largest absolute Gasteiger partial charge is 0.497 e. The summed E-state index contributed by atoms with van der Waals surface area (Å²) in [6.45, 7) is 9.29. The van der Waals surface area contributed by atoms with E-state index < -0.39 is 0 Å². The van der Waals surface area contributed by atoms with E-state index in [0.717, 1.165) is 22.9 Å². The van der Waals surface area contributed by atoms with E-state index in [-0.39, 0.29) is 18.3 Å². The smallest absolute Gasteiger partial charge is 0.399 e. The molecule has 0 unspecified atom stereocenters. The van der Waals surface area contributed by atoms with Gasteiger partial charge in [-0.2, -0.15) is 0 Å². The molecule has 0 aromatic carbocycles. The summed E-state index contributed by atoms with van der Waals surface area (Å²) in [7, 11) is -0.363. The van der Waals surface area contributed by atoms with Gasteiger partial charge in [0.15, 0.2) is 0 Å². The Morgan fingerprint density at radius 3 is 2.32 bits per heavy atom. The Morgan fingerprint density at radius 1 is 1.21 bits per heavy atom. The van der Waals surface area contributed by atoms with Crippen LogP contribution < -0.4 is 5.46 Å². The average molecular weight is 282 g/mol. The first kappa shape index (κ1) is 13.5. The lowest BCUT2D eigenvalue weighted by Gasteiger charge is -2.32. The summed E-state index contributed by atoms with van der Waals surface area (Å²) in [6.07, 6.45) is 6.73. The van der Waals surface area contributed by atoms with E-state index in [9.17, 15) is 0 Å². The van der Waals surface area contributed by atoms with Crippen molar-refractivity contribution in [3.05, 3.63) is 17.4 Å². The molecule has 0 atom stereocenters. The molecule has 1 aromatic rings. The van der Waals surface area contributed by atoms with Crippen LogP contribution in [-0.4, -0.2) is 22.9 Å². The lowest BCUT2D eigenvalue weighted by Crippen LogP contribution is -2.41. The van der Waals surface area contributed by atoms with Gasteiger partial charge in [0.05, 0.1) is 16.2 Å². The maximum absolute atomic E-state index is 6.33. The molecule has 3 rings (SSSR count). The summed E-state index contributed by atoms with van der Waals surface area (Å²) < 4.78 is 14.3. The minimum atomic E-state index is -0.363. The topological polar surface area (TPSA) is 23.4 Å². The predicted molar refractivity (Wildman–Crippen MR) is 77.9 cm³/mol. The van der Waals surface area contributed by atoms with Crippen molar-refractivity contribution >= 4 is 24.2 Å². The van der Waals surface area contributed by atoms with E-state index in [1.54, 1.807) is 0 Å². The summed E-state index contributed by atoms with van der Waals surface area (Å²) in [5, 5.41) is 0.735. The third-order valence-corrected chi connectivity index (χ3v) is 4.85. The molecule has 1 saturated carbocycles. The molecule has 5 heteroatoms. The van der Waals surface area contributed by atoms with Crippen LogP contribution in [0.3, 0.4) is 0 Å². The van der Waals surface area contributed by atoms with E-state index in [1.807, 2.05) is 6.20 Å². The molecule has 0 bridgehead atoms. The number of rotatable bonds is 3. The molecule has 0 radical (unpaired) electrons. The third kappa shape index (κ3) is 2.46. The molecule has 19 heavy (non-hydrogen) atoms. The van der Waals surface area contributed by atoms with Crippen LogP contribution in [0.15, 0.2) is 12.4 Å². The van der Waals surface area contributed by atoms with Gasteiger partial charge in [-0.1, -0.05) is 11.6 Å². The fourth-order valence-electron chi connectivity index (χ4n) is 2.35. The zero-order chi connectivity index (χ0) is 13.8. The summed E-state index contributed by atoms with van der Waals surface area (Å²) in [5.74, 6) is 0.828. The SMILES string of the molecule is CC1(C)OB(c2cn(CC3CC3)cc2Cl)OC1(C)C. The van der Waals surface area contributed by atoms with E-state index >= 15 is 0 Å². The van der Waals surface area contributed by atoms with Gasteiger partial charge in [0.1, 0.15) is 0 Å². The van der Waals surface area contributed by atoms with Crippen molar-refractivity contribution in [2.45, 2.75) is 58.3 Å². The van der Waals surface area contributed by atoms with Crippen molar-refractivity contribution in [1.82, 2.24) is 4.57 Å². The molecule has 3 nitrogen and oxygen atoms in total. The van der Waals surface area contributed by atoms with Crippen LogP contribution in [-0.2, 0) is 15.9 Å². The molecule has 1 aliphatic heterocycles. The quantitative estimate of drug-likeness (QED) is 0.795. The van der Waals surface area contributed by atoms with Crippen LogP contribution in [0.5, 0.6) is 0 Å². The molecule has 0 amide bonds. The number of aromatic nitrogens is 1. The first-order valence-corrected chi connectivity index (χ1v) is 7.37. The fourth-order valence-corrected chi connectivity index (χ4v) is 2.61. The van der Waals surface area contributed by atoms with Crippen LogP contribution in [0.2, 0.25) is 5.02 Å². The molecule has 2 fully saturated rings. The summed E-state index contributed by atoms with van der Waals surface area (Å²) in [6, 6.07) is 0. The molecule has 1 aliphatic carbocycles. The highest BCUT2D eigenvalue weighted by Crippen LogP contribution is 2.37. The number of hydrogen-bond donors (Lipinski definition) is 0. The molecule has 2 aliphatic rings. The summed E-state index contributed by atoms with van der Waals surface area (Å²) in [5.41, 5.74) is 0.306. The second-order valence-corrected chi connectivity index (χ2v) is 7.20. The molecular formula is C14H21BClNO2. The number of nitrogens with zero attached hydrogens (tertiary/aromatic N) is 1. The van der Waals surface area contributed by atoms with Gasteiger partial charge >= 0.3 is 7.12 Å². The first-order chi connectivity index (χ1) is 8.78. The van der Waals surface area contributed by atoms with Crippen molar-refractivity contribution in [1.29, 1.82) is 0 Å². The molecule has 0 spiro atoms. The van der Waals surface area contributed by atoms with Gasteiger partial charge in [0.2, 0.25) is 0 Å². The maximum Gasteiger partial charge on any atom is 0.497 e. The van der Waals surface area contributed by atoms with Gasteiger partial charge in [0, 0.05) is 24.4 Å². The second kappa shape index (κ2) is 4.27.